The number of hydrogen-bond acceptors (Lipinski definition) is 9. The molecule has 2 aromatic carbocycles. The van der Waals surface area contributed by atoms with E-state index in [-0.39, 0.29) is 44.5 Å². The van der Waals surface area contributed by atoms with Crippen LogP contribution >= 0.6 is 11.3 Å². The van der Waals surface area contributed by atoms with Crippen molar-refractivity contribution in [3.05, 3.63) is 65.1 Å². The standard InChI is InChI=1S/C27H20F7N5O5S/c1-24(22(35)41)10-43-20-14(24)8-17(38-18(20)11-2-4-13(28)5-3-11)25(42,26(29,30)31)9-37-21(40)12-6-15(44-27(32,33)34)19-16(7-12)45-23(36)39-19/h2-8,42H,9-10H2,1H3,(H2,35,41)(H2,36,39)(H,37,40)/t24-,25?/m0/s1. The Labute approximate surface area is 251 Å². The number of alkyl halides is 6. The van der Waals surface area contributed by atoms with E-state index in [1.807, 2.05) is 5.32 Å². The van der Waals surface area contributed by atoms with Gasteiger partial charge in [0, 0.05) is 16.7 Å². The van der Waals surface area contributed by atoms with Gasteiger partial charge >= 0.3 is 12.5 Å². The van der Waals surface area contributed by atoms with E-state index < -0.39 is 64.7 Å². The Morgan fingerprint density at radius 3 is 2.38 bits per heavy atom. The summed E-state index contributed by atoms with van der Waals surface area (Å²) in [6.45, 7) is -0.668. The number of ether oxygens (including phenoxy) is 2. The second kappa shape index (κ2) is 10.7. The number of benzene rings is 2. The third-order valence-electron chi connectivity index (χ3n) is 7.10. The van der Waals surface area contributed by atoms with E-state index >= 15 is 0 Å². The van der Waals surface area contributed by atoms with E-state index in [0.717, 1.165) is 24.3 Å². The molecule has 18 heteroatoms. The van der Waals surface area contributed by atoms with Crippen LogP contribution in [0.25, 0.3) is 21.5 Å². The Balaban J connectivity index is 1.58. The highest BCUT2D eigenvalue weighted by Crippen LogP contribution is 2.48. The first kappa shape index (κ1) is 31.7. The van der Waals surface area contributed by atoms with E-state index in [4.69, 9.17) is 16.2 Å². The second-order valence-corrected chi connectivity index (χ2v) is 11.2. The zero-order chi connectivity index (χ0) is 33.1. The summed E-state index contributed by atoms with van der Waals surface area (Å²) >= 11 is 0.689. The van der Waals surface area contributed by atoms with Gasteiger partial charge in [0.25, 0.3) is 5.91 Å². The van der Waals surface area contributed by atoms with Crippen molar-refractivity contribution in [3.63, 3.8) is 0 Å². The number of anilines is 1. The third-order valence-corrected chi connectivity index (χ3v) is 7.93. The fourth-order valence-electron chi connectivity index (χ4n) is 4.60. The maximum absolute atomic E-state index is 14.6. The molecule has 1 aliphatic heterocycles. The number of carbonyl (C=O) groups is 2. The van der Waals surface area contributed by atoms with Gasteiger partial charge in [-0.1, -0.05) is 11.3 Å². The Morgan fingerprint density at radius 2 is 1.78 bits per heavy atom. The van der Waals surface area contributed by atoms with E-state index in [1.165, 1.54) is 19.1 Å². The molecule has 0 spiro atoms. The highest BCUT2D eigenvalue weighted by Gasteiger charge is 2.57. The molecule has 0 bridgehead atoms. The predicted molar refractivity (Wildman–Crippen MR) is 145 cm³/mol. The van der Waals surface area contributed by atoms with Crippen LogP contribution in [0, 0.1) is 5.82 Å². The van der Waals surface area contributed by atoms with Crippen molar-refractivity contribution in [2.24, 2.45) is 5.73 Å². The number of hydrogen-bond donors (Lipinski definition) is 4. The molecular weight excluding hydrogens is 639 g/mol. The first-order valence-electron chi connectivity index (χ1n) is 12.6. The number of amides is 2. The number of rotatable bonds is 7. The predicted octanol–water partition coefficient (Wildman–Crippen LogP) is 4.29. The average molecular weight is 660 g/mol. The summed E-state index contributed by atoms with van der Waals surface area (Å²) in [6.07, 6.45) is -10.7. The van der Waals surface area contributed by atoms with Crippen LogP contribution < -0.4 is 26.3 Å². The van der Waals surface area contributed by atoms with Gasteiger partial charge in [0.15, 0.2) is 10.9 Å². The molecule has 5 rings (SSSR count). The number of nitrogen functional groups attached to an aromatic ring is 1. The highest BCUT2D eigenvalue weighted by molar-refractivity contribution is 7.22. The molecule has 3 heterocycles. The lowest BCUT2D eigenvalue weighted by atomic mass is 9.81. The average Bonchev–Trinajstić information content (AvgIpc) is 3.50. The van der Waals surface area contributed by atoms with Crippen molar-refractivity contribution in [1.29, 1.82) is 0 Å². The van der Waals surface area contributed by atoms with Crippen molar-refractivity contribution >= 4 is 38.5 Å². The number of fused-ring (bicyclic) bond motifs is 2. The van der Waals surface area contributed by atoms with Crippen LogP contribution in [-0.4, -0.2) is 52.6 Å². The van der Waals surface area contributed by atoms with Crippen molar-refractivity contribution in [1.82, 2.24) is 15.3 Å². The largest absolute Gasteiger partial charge is 0.573 e. The molecule has 0 fully saturated rings. The topological polar surface area (TPSA) is 163 Å². The Kier molecular flexibility index (Phi) is 7.56. The van der Waals surface area contributed by atoms with Gasteiger partial charge in [0.1, 0.15) is 34.8 Å². The fraction of sp³-hybridized carbons (Fsp3) is 0.259. The first-order chi connectivity index (χ1) is 20.8. The van der Waals surface area contributed by atoms with Crippen LogP contribution in [0.2, 0.25) is 0 Å². The summed E-state index contributed by atoms with van der Waals surface area (Å²) in [4.78, 5) is 33.1. The maximum Gasteiger partial charge on any atom is 0.573 e. The van der Waals surface area contributed by atoms with E-state index in [2.05, 4.69) is 14.7 Å². The summed E-state index contributed by atoms with van der Waals surface area (Å²) in [5.74, 6) is -4.03. The molecule has 2 atom stereocenters. The number of nitrogens with zero attached hydrogens (tertiary/aromatic N) is 2. The molecule has 4 aromatic rings. The van der Waals surface area contributed by atoms with Crippen molar-refractivity contribution in [2.75, 3.05) is 18.9 Å². The number of pyridine rings is 1. The van der Waals surface area contributed by atoms with Gasteiger partial charge < -0.3 is 31.4 Å². The van der Waals surface area contributed by atoms with Gasteiger partial charge in [0.2, 0.25) is 11.5 Å². The quantitative estimate of drug-likeness (QED) is 0.214. The zero-order valence-electron chi connectivity index (χ0n) is 22.6. The SMILES string of the molecule is C[C@]1(C(N)=O)COc2c1cc(C(O)(CNC(=O)c1cc(OC(F)(F)F)c3nc(N)sc3c1)C(F)(F)F)nc2-c1ccc(F)cc1. The molecule has 6 N–H and O–H groups in total. The smallest absolute Gasteiger partial charge is 0.489 e. The zero-order valence-corrected chi connectivity index (χ0v) is 23.5. The van der Waals surface area contributed by atoms with Gasteiger partial charge in [-0.3, -0.25) is 9.59 Å². The van der Waals surface area contributed by atoms with Crippen LogP contribution in [-0.2, 0) is 15.8 Å². The van der Waals surface area contributed by atoms with Gasteiger partial charge in [0.05, 0.1) is 16.9 Å². The van der Waals surface area contributed by atoms with Gasteiger partial charge in [-0.2, -0.15) is 13.2 Å². The van der Waals surface area contributed by atoms with Crippen LogP contribution in [0.5, 0.6) is 11.5 Å². The van der Waals surface area contributed by atoms with Crippen molar-refractivity contribution in [2.45, 2.75) is 30.5 Å². The van der Waals surface area contributed by atoms with E-state index in [1.54, 1.807) is 0 Å². The molecule has 2 aromatic heterocycles. The molecule has 1 unspecified atom stereocenters. The van der Waals surface area contributed by atoms with Gasteiger partial charge in [-0.05, 0) is 49.4 Å². The van der Waals surface area contributed by atoms with Crippen LogP contribution in [0.4, 0.5) is 35.9 Å². The van der Waals surface area contributed by atoms with E-state index in [9.17, 15) is 45.4 Å². The van der Waals surface area contributed by atoms with Crippen LogP contribution in [0.1, 0.15) is 28.5 Å². The minimum absolute atomic E-state index is 0.0413. The van der Waals surface area contributed by atoms with E-state index in [0.29, 0.717) is 17.4 Å². The number of aliphatic hydroxyl groups is 1. The molecule has 45 heavy (non-hydrogen) atoms. The molecule has 10 nitrogen and oxygen atoms in total. The Hall–Kier alpha value is -4.71. The summed E-state index contributed by atoms with van der Waals surface area (Å²) in [7, 11) is 0. The first-order valence-corrected chi connectivity index (χ1v) is 13.4. The molecule has 0 radical (unpaired) electrons. The normalized spacial score (nSPS) is 17.8. The fourth-order valence-corrected chi connectivity index (χ4v) is 5.39. The lowest BCUT2D eigenvalue weighted by Crippen LogP contribution is -2.51. The second-order valence-electron chi connectivity index (χ2n) is 10.2. The van der Waals surface area contributed by atoms with Crippen molar-refractivity contribution < 1.29 is 54.9 Å². The Bertz CT molecular complexity index is 1830. The highest BCUT2D eigenvalue weighted by atomic mass is 32.1. The molecule has 238 valence electrons. The molecule has 0 saturated carbocycles. The molecule has 1 aliphatic rings. The summed E-state index contributed by atoms with van der Waals surface area (Å²) in [5, 5.41) is 12.8. The van der Waals surface area contributed by atoms with Gasteiger partial charge in [-0.25, -0.2) is 14.4 Å². The molecule has 2 amide bonds. The monoisotopic (exact) mass is 659 g/mol. The minimum Gasteiger partial charge on any atom is -0.489 e. The number of nitrogens with two attached hydrogens (primary N) is 2. The number of nitrogens with one attached hydrogen (secondary N) is 1. The summed E-state index contributed by atoms with van der Waals surface area (Å²) in [5.41, 5.74) is 3.12. The van der Waals surface area contributed by atoms with Gasteiger partial charge in [-0.15, -0.1) is 13.2 Å². The lowest BCUT2D eigenvalue weighted by Gasteiger charge is -2.31. The number of thiazole rings is 1. The number of halogens is 7. The summed E-state index contributed by atoms with van der Waals surface area (Å²) < 4.78 is 106. The molecular formula is C27H20F7N5O5S. The third kappa shape index (κ3) is 5.77. The Morgan fingerprint density at radius 1 is 1.11 bits per heavy atom. The number of primary amides is 1. The molecule has 0 saturated heterocycles. The maximum atomic E-state index is 14.6. The van der Waals surface area contributed by atoms with Crippen LogP contribution in [0.3, 0.4) is 0 Å². The molecule has 0 aliphatic carbocycles. The number of carbonyl (C=O) groups excluding carboxylic acids is 2. The van der Waals surface area contributed by atoms with Crippen LogP contribution in [0.15, 0.2) is 42.5 Å². The summed E-state index contributed by atoms with van der Waals surface area (Å²) in [6, 6.07) is 6.76. The van der Waals surface area contributed by atoms with Crippen molar-refractivity contribution in [3.8, 4) is 22.8 Å². The lowest BCUT2D eigenvalue weighted by molar-refractivity contribution is -0.274. The number of aromatic nitrogens is 2. The minimum atomic E-state index is -5.52.